The third-order valence-electron chi connectivity index (χ3n) is 4.35. The van der Waals surface area contributed by atoms with Gasteiger partial charge in [-0.05, 0) is 30.9 Å². The highest BCUT2D eigenvalue weighted by Gasteiger charge is 2.29. The number of nitrogens with one attached hydrogen (secondary N) is 1. The van der Waals surface area contributed by atoms with E-state index >= 15 is 0 Å². The lowest BCUT2D eigenvalue weighted by Gasteiger charge is -2.17. The molecule has 1 saturated heterocycles. The summed E-state index contributed by atoms with van der Waals surface area (Å²) >= 11 is 0. The van der Waals surface area contributed by atoms with Crippen molar-refractivity contribution in [2.75, 3.05) is 12.1 Å². The molecule has 1 aromatic heterocycles. The SMILES string of the molecule is NC(Cc1ccccc1)C(=O)OCC1CCC(n2ccc(NO)nc2=O)O1. The number of nitrogens with two attached hydrogens (primary N) is 1. The van der Waals surface area contributed by atoms with Crippen LogP contribution >= 0.6 is 0 Å². The van der Waals surface area contributed by atoms with E-state index in [2.05, 4.69) is 4.98 Å². The maximum atomic E-state index is 12.1. The van der Waals surface area contributed by atoms with Gasteiger partial charge in [-0.25, -0.2) is 4.79 Å². The maximum absolute atomic E-state index is 12.1. The first kappa shape index (κ1) is 19.0. The molecule has 1 aliphatic rings. The highest BCUT2D eigenvalue weighted by atomic mass is 16.6. The van der Waals surface area contributed by atoms with Crippen LogP contribution in [0.15, 0.2) is 47.4 Å². The minimum absolute atomic E-state index is 0.0622. The third-order valence-corrected chi connectivity index (χ3v) is 4.35. The Morgan fingerprint density at radius 1 is 1.37 bits per heavy atom. The first-order valence-electron chi connectivity index (χ1n) is 8.67. The van der Waals surface area contributed by atoms with Gasteiger partial charge in [0.15, 0.2) is 5.82 Å². The van der Waals surface area contributed by atoms with Gasteiger partial charge < -0.3 is 15.2 Å². The van der Waals surface area contributed by atoms with Crippen LogP contribution in [0.2, 0.25) is 0 Å². The number of hydrogen-bond donors (Lipinski definition) is 3. The fraction of sp³-hybridized carbons (Fsp3) is 0.389. The molecule has 144 valence electrons. The van der Waals surface area contributed by atoms with Gasteiger partial charge in [-0.3, -0.25) is 20.0 Å². The molecule has 0 aliphatic carbocycles. The maximum Gasteiger partial charge on any atom is 0.351 e. The number of anilines is 1. The van der Waals surface area contributed by atoms with Gasteiger partial charge in [0.05, 0.1) is 6.10 Å². The van der Waals surface area contributed by atoms with Gasteiger partial charge >= 0.3 is 11.7 Å². The summed E-state index contributed by atoms with van der Waals surface area (Å²) in [5, 5.41) is 8.77. The predicted octanol–water partition coefficient (Wildman–Crippen LogP) is 0.835. The average Bonchev–Trinajstić information content (AvgIpc) is 3.15. The lowest BCUT2D eigenvalue weighted by Crippen LogP contribution is -2.36. The molecule has 3 atom stereocenters. The quantitative estimate of drug-likeness (QED) is 0.480. The van der Waals surface area contributed by atoms with Crippen molar-refractivity contribution in [3.63, 3.8) is 0 Å². The third kappa shape index (κ3) is 4.91. The molecule has 27 heavy (non-hydrogen) atoms. The van der Waals surface area contributed by atoms with E-state index in [0.717, 1.165) is 5.56 Å². The van der Waals surface area contributed by atoms with Crippen molar-refractivity contribution in [3.8, 4) is 0 Å². The zero-order chi connectivity index (χ0) is 19.2. The molecule has 1 aromatic carbocycles. The monoisotopic (exact) mass is 374 g/mol. The second kappa shape index (κ2) is 8.76. The van der Waals surface area contributed by atoms with E-state index < -0.39 is 23.9 Å². The van der Waals surface area contributed by atoms with Crippen molar-refractivity contribution in [1.82, 2.24) is 9.55 Å². The molecule has 3 rings (SSSR count). The zero-order valence-electron chi connectivity index (χ0n) is 14.7. The molecular weight excluding hydrogens is 352 g/mol. The standard InChI is InChI=1S/C18H22N4O5/c19-14(10-12-4-2-1-3-5-12)17(23)26-11-13-6-7-16(27-13)22-9-8-15(21-25)20-18(22)24/h1-5,8-9,13-14,16,25H,6-7,10-11,19H2,(H,20,21,24). The van der Waals surface area contributed by atoms with Crippen molar-refractivity contribution in [1.29, 1.82) is 0 Å². The van der Waals surface area contributed by atoms with E-state index in [0.29, 0.717) is 19.3 Å². The van der Waals surface area contributed by atoms with E-state index in [4.69, 9.17) is 20.4 Å². The Labute approximate surface area is 155 Å². The average molecular weight is 374 g/mol. The number of aromatic nitrogens is 2. The number of hydrogen-bond acceptors (Lipinski definition) is 8. The van der Waals surface area contributed by atoms with Gasteiger partial charge in [-0.2, -0.15) is 4.98 Å². The van der Waals surface area contributed by atoms with Crippen molar-refractivity contribution in [3.05, 3.63) is 58.6 Å². The van der Waals surface area contributed by atoms with Gasteiger partial charge in [0, 0.05) is 6.20 Å². The topological polar surface area (TPSA) is 129 Å². The molecule has 1 fully saturated rings. The molecule has 9 nitrogen and oxygen atoms in total. The molecule has 2 aromatic rings. The van der Waals surface area contributed by atoms with Crippen LogP contribution in [0.5, 0.6) is 0 Å². The molecule has 9 heteroatoms. The van der Waals surface area contributed by atoms with Crippen molar-refractivity contribution in [2.45, 2.75) is 37.6 Å². The fourth-order valence-electron chi connectivity index (χ4n) is 2.94. The van der Waals surface area contributed by atoms with Crippen molar-refractivity contribution in [2.24, 2.45) is 5.73 Å². The Morgan fingerprint density at radius 2 is 2.15 bits per heavy atom. The summed E-state index contributed by atoms with van der Waals surface area (Å²) in [7, 11) is 0. The molecule has 3 unspecified atom stereocenters. The molecule has 0 bridgehead atoms. The van der Waals surface area contributed by atoms with Gasteiger partial charge in [-0.1, -0.05) is 30.3 Å². The number of nitrogens with zero attached hydrogens (tertiary/aromatic N) is 2. The summed E-state index contributed by atoms with van der Waals surface area (Å²) in [5.41, 5.74) is 8.15. The summed E-state index contributed by atoms with van der Waals surface area (Å²) in [6.07, 6.45) is 2.32. The lowest BCUT2D eigenvalue weighted by atomic mass is 10.1. The van der Waals surface area contributed by atoms with Crippen LogP contribution in [0, 0.1) is 0 Å². The van der Waals surface area contributed by atoms with Crippen LogP contribution in [0.3, 0.4) is 0 Å². The van der Waals surface area contributed by atoms with E-state index in [1.165, 1.54) is 16.8 Å². The Morgan fingerprint density at radius 3 is 2.85 bits per heavy atom. The first-order valence-corrected chi connectivity index (χ1v) is 8.67. The normalized spacial score (nSPS) is 20.2. The molecule has 1 aliphatic heterocycles. The smallest absolute Gasteiger partial charge is 0.351 e. The summed E-state index contributed by atoms with van der Waals surface area (Å²) in [5.74, 6) is -0.421. The first-order chi connectivity index (χ1) is 13.1. The number of esters is 1. The zero-order valence-corrected chi connectivity index (χ0v) is 14.7. The largest absolute Gasteiger partial charge is 0.462 e. The van der Waals surface area contributed by atoms with Crippen LogP contribution in [0.4, 0.5) is 5.82 Å². The molecule has 2 heterocycles. The molecule has 0 radical (unpaired) electrons. The van der Waals surface area contributed by atoms with Gasteiger partial charge in [0.2, 0.25) is 0 Å². The van der Waals surface area contributed by atoms with Crippen LogP contribution in [0.1, 0.15) is 24.6 Å². The van der Waals surface area contributed by atoms with E-state index in [1.54, 1.807) is 0 Å². The molecule has 4 N–H and O–H groups in total. The molecule has 0 saturated carbocycles. The van der Waals surface area contributed by atoms with Crippen molar-refractivity contribution < 1.29 is 19.5 Å². The highest BCUT2D eigenvalue weighted by molar-refractivity contribution is 5.75. The van der Waals surface area contributed by atoms with Crippen molar-refractivity contribution >= 4 is 11.8 Å². The van der Waals surface area contributed by atoms with Crippen LogP contribution in [0.25, 0.3) is 0 Å². The van der Waals surface area contributed by atoms with Crippen LogP contribution in [-0.4, -0.2) is 39.5 Å². The Hall–Kier alpha value is -2.75. The highest BCUT2D eigenvalue weighted by Crippen LogP contribution is 2.27. The second-order valence-corrected chi connectivity index (χ2v) is 6.33. The number of benzene rings is 1. The molecule has 0 amide bonds. The Kier molecular flexibility index (Phi) is 6.17. The number of ether oxygens (including phenoxy) is 2. The van der Waals surface area contributed by atoms with E-state index in [9.17, 15) is 9.59 Å². The van der Waals surface area contributed by atoms with E-state index in [-0.39, 0.29) is 18.5 Å². The predicted molar refractivity (Wildman–Crippen MR) is 96.1 cm³/mol. The van der Waals surface area contributed by atoms with Gasteiger partial charge in [0.1, 0.15) is 18.9 Å². The minimum atomic E-state index is -0.741. The van der Waals surface area contributed by atoms with Crippen LogP contribution in [-0.2, 0) is 20.7 Å². The van der Waals surface area contributed by atoms with E-state index in [1.807, 2.05) is 35.8 Å². The summed E-state index contributed by atoms with van der Waals surface area (Å²) in [6, 6.07) is 10.2. The summed E-state index contributed by atoms with van der Waals surface area (Å²) in [4.78, 5) is 27.7. The summed E-state index contributed by atoms with van der Waals surface area (Å²) in [6.45, 7) is 0.0796. The summed E-state index contributed by atoms with van der Waals surface area (Å²) < 4.78 is 12.4. The lowest BCUT2D eigenvalue weighted by molar-refractivity contribution is -0.150. The number of carbonyl (C=O) groups is 1. The molecular formula is C18H22N4O5. The Balaban J connectivity index is 1.48. The number of carbonyl (C=O) groups excluding carboxylic acids is 1. The van der Waals surface area contributed by atoms with Crippen LogP contribution < -0.4 is 16.9 Å². The molecule has 0 spiro atoms. The van der Waals surface area contributed by atoms with Gasteiger partial charge in [-0.15, -0.1) is 0 Å². The second-order valence-electron chi connectivity index (χ2n) is 6.33. The number of rotatable bonds is 7. The minimum Gasteiger partial charge on any atom is -0.462 e. The fourth-order valence-corrected chi connectivity index (χ4v) is 2.94. The Bertz CT molecular complexity index is 826. The van der Waals surface area contributed by atoms with Gasteiger partial charge in [0.25, 0.3) is 0 Å².